The maximum Gasteiger partial charge on any atom is 0.283 e. The van der Waals surface area contributed by atoms with Crippen LogP contribution >= 0.6 is 11.3 Å². The second kappa shape index (κ2) is 7.61. The number of anilines is 1. The lowest BCUT2D eigenvalue weighted by Gasteiger charge is -2.08. The van der Waals surface area contributed by atoms with Crippen LogP contribution in [0.5, 0.6) is 0 Å². The van der Waals surface area contributed by atoms with Crippen LogP contribution < -0.4 is 11.1 Å². The van der Waals surface area contributed by atoms with Crippen molar-refractivity contribution in [2.45, 2.75) is 4.21 Å². The minimum Gasteiger partial charge on any atom is -0.366 e. The third-order valence-electron chi connectivity index (χ3n) is 3.25. The number of nitrogens with two attached hydrogens (primary N) is 1. The summed E-state index contributed by atoms with van der Waals surface area (Å²) in [7, 11) is -2.84. The maximum atomic E-state index is 13.7. The van der Waals surface area contributed by atoms with Crippen LogP contribution in [0.25, 0.3) is 4.85 Å². The van der Waals surface area contributed by atoms with E-state index >= 15 is 0 Å². The van der Waals surface area contributed by atoms with Gasteiger partial charge < -0.3 is 11.1 Å². The molecule has 2 aromatic rings. The van der Waals surface area contributed by atoms with E-state index in [9.17, 15) is 22.4 Å². The van der Waals surface area contributed by atoms with E-state index in [2.05, 4.69) is 10.2 Å². The van der Waals surface area contributed by atoms with E-state index in [1.54, 1.807) is 0 Å². The Balaban J connectivity index is 2.42. The Morgan fingerprint density at radius 2 is 2.00 bits per heavy atom. The van der Waals surface area contributed by atoms with Gasteiger partial charge in [0.05, 0.1) is 11.1 Å². The lowest BCUT2D eigenvalue weighted by atomic mass is 10.2. The van der Waals surface area contributed by atoms with Gasteiger partial charge in [0, 0.05) is 7.05 Å². The van der Waals surface area contributed by atoms with Crippen molar-refractivity contribution in [2.75, 3.05) is 19.0 Å². The summed E-state index contributed by atoms with van der Waals surface area (Å²) >= 11 is 0.590. The van der Waals surface area contributed by atoms with Crippen LogP contribution in [0, 0.1) is 12.4 Å². The lowest BCUT2D eigenvalue weighted by molar-refractivity contribution is 0.100. The van der Waals surface area contributed by atoms with Crippen LogP contribution in [-0.4, -0.2) is 38.3 Å². The van der Waals surface area contributed by atoms with Gasteiger partial charge in [-0.3, -0.25) is 14.4 Å². The molecule has 0 fully saturated rings. The van der Waals surface area contributed by atoms with E-state index < -0.39 is 34.3 Å². The molecule has 0 bridgehead atoms. The molecule has 0 unspecified atom stereocenters. The van der Waals surface area contributed by atoms with Crippen molar-refractivity contribution < 1.29 is 22.4 Å². The molecule has 0 aliphatic rings. The van der Waals surface area contributed by atoms with Crippen molar-refractivity contribution in [1.29, 1.82) is 0 Å². The fourth-order valence-corrected chi connectivity index (χ4v) is 4.54. The van der Waals surface area contributed by atoms with E-state index in [1.807, 2.05) is 0 Å². The molecule has 2 amide bonds. The summed E-state index contributed by atoms with van der Waals surface area (Å²) in [5.41, 5.74) is 4.74. The first-order valence-electron chi connectivity index (χ1n) is 6.97. The van der Waals surface area contributed by atoms with Gasteiger partial charge >= 0.3 is 0 Å². The predicted molar refractivity (Wildman–Crippen MR) is 93.6 cm³/mol. The zero-order valence-corrected chi connectivity index (χ0v) is 15.0. The SMILES string of the molecule is [C-]#[N+]CN(C)S(=O)(=O)c1cc(C(N)=O)c(NC(=O)c2ccccc2F)s1. The van der Waals surface area contributed by atoms with E-state index in [1.165, 1.54) is 25.2 Å². The Kier molecular flexibility index (Phi) is 5.71. The summed E-state index contributed by atoms with van der Waals surface area (Å²) in [6.07, 6.45) is 0. The monoisotopic (exact) mass is 396 g/mol. The molecule has 0 aliphatic carbocycles. The van der Waals surface area contributed by atoms with Crippen molar-refractivity contribution in [1.82, 2.24) is 4.31 Å². The molecule has 1 heterocycles. The first-order valence-corrected chi connectivity index (χ1v) is 9.23. The summed E-state index contributed by atoms with van der Waals surface area (Å²) in [5.74, 6) is -2.59. The number of primary amides is 1. The molecule has 1 aromatic carbocycles. The third-order valence-corrected chi connectivity index (χ3v) is 6.54. The van der Waals surface area contributed by atoms with Crippen LogP contribution in [0.4, 0.5) is 9.39 Å². The third kappa shape index (κ3) is 3.88. The zero-order chi connectivity index (χ0) is 19.5. The number of nitrogens with zero attached hydrogens (tertiary/aromatic N) is 2. The van der Waals surface area contributed by atoms with Gasteiger partial charge in [-0.2, -0.15) is 0 Å². The molecular weight excluding hydrogens is 383 g/mol. The number of nitrogens with one attached hydrogen (secondary N) is 1. The van der Waals surface area contributed by atoms with Crippen molar-refractivity contribution >= 4 is 38.2 Å². The molecule has 136 valence electrons. The second-order valence-electron chi connectivity index (χ2n) is 5.01. The van der Waals surface area contributed by atoms with Gasteiger partial charge in [0.1, 0.15) is 15.0 Å². The largest absolute Gasteiger partial charge is 0.366 e. The quantitative estimate of drug-likeness (QED) is 0.724. The Bertz CT molecular complexity index is 1010. The average Bonchev–Trinajstić information content (AvgIpc) is 3.00. The standard InChI is InChI=1S/C15H13FN4O4S2/c1-18-8-20(2)26(23,24)12-7-10(13(17)21)15(25-12)19-14(22)9-5-3-4-6-11(9)16/h3-7H,8H2,2H3,(H2,17,21)(H,19,22). The number of benzene rings is 1. The summed E-state index contributed by atoms with van der Waals surface area (Å²) in [6.45, 7) is 6.34. The van der Waals surface area contributed by atoms with E-state index in [0.29, 0.717) is 11.3 Å². The van der Waals surface area contributed by atoms with Gasteiger partial charge in [0.15, 0.2) is 0 Å². The molecule has 1 aromatic heterocycles. The smallest absolute Gasteiger partial charge is 0.283 e. The topological polar surface area (TPSA) is 114 Å². The number of thiophene rings is 1. The normalized spacial score (nSPS) is 11.2. The Hall–Kier alpha value is -2.81. The number of hydrogen-bond acceptors (Lipinski definition) is 5. The van der Waals surface area contributed by atoms with Gasteiger partial charge in [0.25, 0.3) is 28.5 Å². The molecule has 0 spiro atoms. The number of sulfonamides is 1. The van der Waals surface area contributed by atoms with E-state index in [0.717, 1.165) is 16.4 Å². The van der Waals surface area contributed by atoms with Gasteiger partial charge in [-0.15, -0.1) is 15.6 Å². The Morgan fingerprint density at radius 3 is 2.58 bits per heavy atom. The molecule has 0 aliphatic heterocycles. The fourth-order valence-electron chi connectivity index (χ4n) is 1.92. The molecule has 3 N–H and O–H groups in total. The van der Waals surface area contributed by atoms with E-state index in [-0.39, 0.29) is 20.3 Å². The number of amides is 2. The minimum atomic E-state index is -4.04. The molecule has 0 saturated heterocycles. The highest BCUT2D eigenvalue weighted by molar-refractivity contribution is 7.91. The second-order valence-corrected chi connectivity index (χ2v) is 8.33. The Morgan fingerprint density at radius 1 is 1.35 bits per heavy atom. The van der Waals surface area contributed by atoms with Crippen LogP contribution in [-0.2, 0) is 10.0 Å². The molecule has 8 nitrogen and oxygen atoms in total. The average molecular weight is 396 g/mol. The predicted octanol–water partition coefficient (Wildman–Crippen LogP) is 1.74. The summed E-state index contributed by atoms with van der Waals surface area (Å²) < 4.78 is 39.0. The Labute approximate surface area is 152 Å². The molecular formula is C15H13FN4O4S2. The summed E-state index contributed by atoms with van der Waals surface area (Å²) in [4.78, 5) is 26.8. The number of rotatable bonds is 6. The number of hydrogen-bond donors (Lipinski definition) is 2. The zero-order valence-electron chi connectivity index (χ0n) is 13.4. The lowest BCUT2D eigenvalue weighted by Crippen LogP contribution is -2.25. The van der Waals surface area contributed by atoms with Crippen molar-refractivity contribution in [3.05, 3.63) is 58.7 Å². The van der Waals surface area contributed by atoms with Gasteiger partial charge in [-0.25, -0.2) is 19.4 Å². The van der Waals surface area contributed by atoms with E-state index in [4.69, 9.17) is 12.3 Å². The fraction of sp³-hybridized carbons (Fsp3) is 0.133. The van der Waals surface area contributed by atoms with Gasteiger partial charge in [0.2, 0.25) is 0 Å². The highest BCUT2D eigenvalue weighted by atomic mass is 32.2. The number of carbonyl (C=O) groups is 2. The van der Waals surface area contributed by atoms with Crippen molar-refractivity contribution in [3.8, 4) is 0 Å². The highest BCUT2D eigenvalue weighted by Crippen LogP contribution is 2.33. The first kappa shape index (κ1) is 19.5. The van der Waals surface area contributed by atoms with Crippen LogP contribution in [0.15, 0.2) is 34.5 Å². The maximum absolute atomic E-state index is 13.7. The molecule has 0 saturated carbocycles. The van der Waals surface area contributed by atoms with Crippen LogP contribution in [0.2, 0.25) is 0 Å². The summed E-state index contributed by atoms with van der Waals surface area (Å²) in [5, 5.41) is 2.18. The summed E-state index contributed by atoms with van der Waals surface area (Å²) in [6, 6.07) is 6.21. The minimum absolute atomic E-state index is 0.124. The van der Waals surface area contributed by atoms with Gasteiger partial charge in [-0.05, 0) is 18.2 Å². The van der Waals surface area contributed by atoms with Crippen LogP contribution in [0.1, 0.15) is 20.7 Å². The number of halogens is 1. The first-order chi connectivity index (χ1) is 12.2. The van der Waals surface area contributed by atoms with Crippen molar-refractivity contribution in [3.63, 3.8) is 0 Å². The van der Waals surface area contributed by atoms with Crippen molar-refractivity contribution in [2.24, 2.45) is 5.73 Å². The molecule has 2 rings (SSSR count). The molecule has 0 radical (unpaired) electrons. The molecule has 26 heavy (non-hydrogen) atoms. The highest BCUT2D eigenvalue weighted by Gasteiger charge is 2.28. The van der Waals surface area contributed by atoms with Crippen LogP contribution in [0.3, 0.4) is 0 Å². The molecule has 0 atom stereocenters. The molecule has 11 heteroatoms. The van der Waals surface area contributed by atoms with Gasteiger partial charge in [-0.1, -0.05) is 12.1 Å². The number of carbonyl (C=O) groups excluding carboxylic acids is 2.